The average molecular weight is 603 g/mol. The molecule has 0 radical (unpaired) electrons. The summed E-state index contributed by atoms with van der Waals surface area (Å²) >= 11 is 0. The molecule has 0 amide bonds. The Morgan fingerprint density at radius 2 is 1.84 bits per heavy atom. The van der Waals surface area contributed by atoms with E-state index in [1.54, 1.807) is 6.92 Å². The summed E-state index contributed by atoms with van der Waals surface area (Å²) < 4.78 is 23.5. The minimum absolute atomic E-state index is 0.0230. The van der Waals surface area contributed by atoms with Gasteiger partial charge in [0.05, 0.1) is 17.3 Å². The Kier molecular flexibility index (Phi) is 9.41. The van der Waals surface area contributed by atoms with Crippen LogP contribution in [0.1, 0.15) is 86.5 Å². The van der Waals surface area contributed by atoms with Crippen molar-refractivity contribution < 1.29 is 43.9 Å². The van der Waals surface area contributed by atoms with E-state index in [4.69, 9.17) is 18.9 Å². The van der Waals surface area contributed by atoms with Crippen molar-refractivity contribution in [2.75, 3.05) is 13.7 Å². The van der Waals surface area contributed by atoms with Gasteiger partial charge in [-0.3, -0.25) is 4.79 Å². The molecule has 4 fully saturated rings. The summed E-state index contributed by atoms with van der Waals surface area (Å²) in [5, 5.41) is 35.0. The lowest BCUT2D eigenvalue weighted by atomic mass is 9.62. The molecule has 3 N–H and O–H groups in total. The normalized spacial score (nSPS) is 41.2. The number of esters is 1. The third-order valence-electron chi connectivity index (χ3n) is 10.1. The molecular weight excluding hydrogens is 552 g/mol. The summed E-state index contributed by atoms with van der Waals surface area (Å²) in [4.78, 5) is 26.0. The van der Waals surface area contributed by atoms with E-state index in [9.17, 15) is 24.9 Å². The monoisotopic (exact) mass is 602 g/mol. The molecule has 9 unspecified atom stereocenters. The summed E-state index contributed by atoms with van der Waals surface area (Å²) in [5.41, 5.74) is -3.63. The van der Waals surface area contributed by atoms with Crippen molar-refractivity contribution in [3.63, 3.8) is 0 Å². The maximum Gasteiger partial charge on any atom is 0.335 e. The lowest BCUT2D eigenvalue weighted by Gasteiger charge is -2.51. The Hall–Kier alpha value is -2.14. The molecule has 4 rings (SSSR count). The summed E-state index contributed by atoms with van der Waals surface area (Å²) in [6.45, 7) is 15.2. The van der Waals surface area contributed by atoms with Gasteiger partial charge in [0.1, 0.15) is 23.9 Å². The molecule has 2 bridgehead atoms. The van der Waals surface area contributed by atoms with Gasteiger partial charge >= 0.3 is 5.97 Å². The van der Waals surface area contributed by atoms with Crippen LogP contribution in [0, 0.1) is 5.92 Å². The second kappa shape index (κ2) is 12.0. The highest BCUT2D eigenvalue weighted by Crippen LogP contribution is 2.57. The van der Waals surface area contributed by atoms with E-state index in [0.717, 1.165) is 23.1 Å². The zero-order valence-electron chi connectivity index (χ0n) is 26.8. The highest BCUT2D eigenvalue weighted by Gasteiger charge is 2.77. The minimum atomic E-state index is -2.20. The molecule has 2 heterocycles. The molecule has 9 atom stereocenters. The van der Waals surface area contributed by atoms with Gasteiger partial charge in [-0.2, -0.15) is 0 Å². The first-order valence-corrected chi connectivity index (χ1v) is 15.3. The van der Waals surface area contributed by atoms with Gasteiger partial charge in [0.15, 0.2) is 17.5 Å². The topological polar surface area (TPSA) is 135 Å². The van der Waals surface area contributed by atoms with E-state index in [1.165, 1.54) is 7.11 Å². The van der Waals surface area contributed by atoms with Crippen LogP contribution in [-0.4, -0.2) is 87.1 Å². The number of epoxide rings is 1. The van der Waals surface area contributed by atoms with Crippen molar-refractivity contribution in [3.05, 3.63) is 47.6 Å². The molecule has 2 aliphatic heterocycles. The summed E-state index contributed by atoms with van der Waals surface area (Å²) in [6, 6.07) is 0. The number of methoxy groups -OCH3 is 1. The van der Waals surface area contributed by atoms with Gasteiger partial charge in [-0.1, -0.05) is 47.6 Å². The first kappa shape index (κ1) is 33.7. The second-order valence-corrected chi connectivity index (χ2v) is 13.9. The number of aliphatic hydroxyl groups is 3. The molecule has 2 saturated carbocycles. The molecule has 0 spiro atoms. The molecule has 240 valence electrons. The number of ether oxygens (including phenoxy) is 4. The number of carbonyl (C=O) groups excluding carboxylic acids is 2. The maximum atomic E-state index is 13.2. The number of carbonyl (C=O) groups is 2. The molecule has 0 aromatic rings. The molecule has 9 nitrogen and oxygen atoms in total. The largest absolute Gasteiger partial charge is 0.461 e. The first-order chi connectivity index (χ1) is 20.0. The number of allylic oxidation sites excluding steroid dienone is 4. The molecule has 4 aliphatic rings. The van der Waals surface area contributed by atoms with Crippen LogP contribution < -0.4 is 0 Å². The molecule has 2 saturated heterocycles. The number of fused-ring (bicyclic) bond motifs is 2. The van der Waals surface area contributed by atoms with Gasteiger partial charge in [0.25, 0.3) is 0 Å². The number of rotatable bonds is 11. The number of ketones is 1. The van der Waals surface area contributed by atoms with Crippen LogP contribution in [-0.2, 0) is 28.5 Å². The van der Waals surface area contributed by atoms with E-state index < -0.39 is 58.9 Å². The molecular formula is C34H50O9. The Balaban J connectivity index is 1.48. The van der Waals surface area contributed by atoms with Gasteiger partial charge in [-0.05, 0) is 73.6 Å². The lowest BCUT2D eigenvalue weighted by Crippen LogP contribution is -2.75. The van der Waals surface area contributed by atoms with Crippen molar-refractivity contribution in [2.24, 2.45) is 5.92 Å². The Labute approximate surface area is 255 Å². The van der Waals surface area contributed by atoms with E-state index in [-0.39, 0.29) is 31.0 Å². The summed E-state index contributed by atoms with van der Waals surface area (Å²) in [7, 11) is 1.29. The van der Waals surface area contributed by atoms with Gasteiger partial charge < -0.3 is 34.3 Å². The number of hydrogen-bond donors (Lipinski definition) is 3. The van der Waals surface area contributed by atoms with Crippen LogP contribution in [0.2, 0.25) is 0 Å². The molecule has 2 aliphatic carbocycles. The predicted molar refractivity (Wildman–Crippen MR) is 161 cm³/mol. The first-order valence-electron chi connectivity index (χ1n) is 15.3. The number of hydrogen-bond acceptors (Lipinski definition) is 9. The summed E-state index contributed by atoms with van der Waals surface area (Å²) in [5.74, 6) is -1.25. The van der Waals surface area contributed by atoms with Crippen molar-refractivity contribution in [2.45, 2.75) is 133 Å². The van der Waals surface area contributed by atoms with Gasteiger partial charge in [0, 0.05) is 25.9 Å². The average Bonchev–Trinajstić information content (AvgIpc) is 3.54. The number of aliphatic hydroxyl groups excluding tert-OH is 1. The highest BCUT2D eigenvalue weighted by atomic mass is 16.6. The van der Waals surface area contributed by atoms with E-state index in [0.29, 0.717) is 19.3 Å². The SMILES string of the molecule is C=C1CCC2(CC(O)C(=O)OCC3(O)CCC(=O)C(OC)C3(O)C3(C)OC3CC=C(C)C)CC1C(C)(C=CC=C(C)C)O2. The fourth-order valence-corrected chi connectivity index (χ4v) is 7.50. The Morgan fingerprint density at radius 3 is 2.47 bits per heavy atom. The lowest BCUT2D eigenvalue weighted by molar-refractivity contribution is -0.260. The van der Waals surface area contributed by atoms with E-state index >= 15 is 0 Å². The fourth-order valence-electron chi connectivity index (χ4n) is 7.50. The third-order valence-corrected chi connectivity index (χ3v) is 10.1. The van der Waals surface area contributed by atoms with Crippen LogP contribution >= 0.6 is 0 Å². The van der Waals surface area contributed by atoms with Crippen LogP contribution in [0.25, 0.3) is 0 Å². The van der Waals surface area contributed by atoms with Crippen molar-refractivity contribution >= 4 is 11.8 Å². The number of Topliss-reactive ketones (excluding diaryl/α,β-unsaturated/α-hetero) is 1. The maximum absolute atomic E-state index is 13.2. The summed E-state index contributed by atoms with van der Waals surface area (Å²) in [6.07, 6.45) is 6.80. The van der Waals surface area contributed by atoms with Crippen molar-refractivity contribution in [1.29, 1.82) is 0 Å². The predicted octanol–water partition coefficient (Wildman–Crippen LogP) is 4.04. The van der Waals surface area contributed by atoms with Crippen LogP contribution in [0.3, 0.4) is 0 Å². The molecule has 9 heteroatoms. The Bertz CT molecular complexity index is 1210. The zero-order chi connectivity index (χ0) is 32.0. The zero-order valence-corrected chi connectivity index (χ0v) is 26.8. The van der Waals surface area contributed by atoms with Crippen LogP contribution in [0.4, 0.5) is 0 Å². The van der Waals surface area contributed by atoms with Crippen molar-refractivity contribution in [3.8, 4) is 0 Å². The molecule has 43 heavy (non-hydrogen) atoms. The van der Waals surface area contributed by atoms with Gasteiger partial charge in [-0.15, -0.1) is 0 Å². The van der Waals surface area contributed by atoms with E-state index in [2.05, 4.69) is 6.58 Å². The van der Waals surface area contributed by atoms with E-state index in [1.807, 2.05) is 58.9 Å². The molecule has 0 aromatic carbocycles. The molecule has 0 aromatic heterocycles. The fraction of sp³-hybridized carbons (Fsp3) is 0.706. The van der Waals surface area contributed by atoms with Gasteiger partial charge in [-0.25, -0.2) is 4.79 Å². The standard InChI is InChI=1S/C34H50O9/c1-21(2)10-9-15-30(6)24-18-32(43-30,16-13-23(24)5)19-26(36)29(37)41-20-33(38)17-14-25(35)28(40-8)34(33,39)31(7)27(42-31)12-11-22(3)4/h9-11,15,24,26-28,36,38-39H,5,12-14,16-20H2,1-4,6-8H3. The van der Waals surface area contributed by atoms with Crippen LogP contribution in [0.15, 0.2) is 47.6 Å². The minimum Gasteiger partial charge on any atom is -0.461 e. The second-order valence-electron chi connectivity index (χ2n) is 13.9. The van der Waals surface area contributed by atoms with Gasteiger partial charge in [0.2, 0.25) is 0 Å². The third kappa shape index (κ3) is 6.09. The smallest absolute Gasteiger partial charge is 0.335 e. The van der Waals surface area contributed by atoms with Crippen LogP contribution in [0.5, 0.6) is 0 Å². The Morgan fingerprint density at radius 1 is 1.14 bits per heavy atom. The highest BCUT2D eigenvalue weighted by molar-refractivity contribution is 5.86. The quantitative estimate of drug-likeness (QED) is 0.139. The van der Waals surface area contributed by atoms with Crippen molar-refractivity contribution in [1.82, 2.24) is 0 Å².